The van der Waals surface area contributed by atoms with Gasteiger partial charge in [0.25, 0.3) is 0 Å². The Bertz CT molecular complexity index is 1670. The fourth-order valence-corrected chi connectivity index (χ4v) is 5.14. The molecule has 0 saturated carbocycles. The van der Waals surface area contributed by atoms with E-state index in [-0.39, 0.29) is 0 Å². The first-order valence-corrected chi connectivity index (χ1v) is 10.9. The molecule has 0 radical (unpaired) electrons. The third-order valence-electron chi connectivity index (χ3n) is 6.83. The van der Waals surface area contributed by atoms with Crippen LogP contribution in [0.4, 0.5) is 0 Å². The topological polar surface area (TPSA) is 31.2 Å². The molecule has 0 aliphatic carbocycles. The van der Waals surface area contributed by atoms with E-state index in [1.165, 1.54) is 43.4 Å². The van der Waals surface area contributed by atoms with Crippen LogP contribution in [0.25, 0.3) is 65.7 Å². The van der Waals surface area contributed by atoms with Crippen LogP contribution in [0.3, 0.4) is 0 Å². The normalized spacial score (nSPS) is 13.5. The van der Waals surface area contributed by atoms with Gasteiger partial charge in [0.05, 0.1) is 11.0 Å². The molecule has 0 spiro atoms. The van der Waals surface area contributed by atoms with Crippen LogP contribution in [-0.2, 0) is 0 Å². The first kappa shape index (κ1) is 17.0. The molecule has 0 fully saturated rings. The van der Waals surface area contributed by atoms with Crippen molar-refractivity contribution in [3.05, 3.63) is 72.8 Å². The summed E-state index contributed by atoms with van der Waals surface area (Å²) in [6.45, 7) is 4.52. The summed E-state index contributed by atoms with van der Waals surface area (Å²) in [5, 5.41) is 7.20. The van der Waals surface area contributed by atoms with Crippen molar-refractivity contribution in [3.8, 4) is 0 Å². The maximum absolute atomic E-state index is 6.21. The second kappa shape index (κ2) is 5.92. The molecular weight excluding hydrogens is 382 g/mol. The van der Waals surface area contributed by atoms with E-state index in [4.69, 9.17) is 8.83 Å². The minimum Gasteiger partial charge on any atom is -0.456 e. The number of aromatic nitrogens is 1. The molecule has 3 nitrogen and oxygen atoms in total. The fourth-order valence-electron chi connectivity index (χ4n) is 5.14. The van der Waals surface area contributed by atoms with Crippen molar-refractivity contribution in [3.63, 3.8) is 0 Å². The average Bonchev–Trinajstić information content (AvgIpc) is 3.44. The Morgan fingerprint density at radius 1 is 0.613 bits per heavy atom. The van der Waals surface area contributed by atoms with Crippen LogP contribution in [0.1, 0.15) is 26.3 Å². The van der Waals surface area contributed by atoms with E-state index in [2.05, 4.69) is 66.9 Å². The lowest BCUT2D eigenvalue weighted by Crippen LogP contribution is -2.02. The van der Waals surface area contributed by atoms with Crippen molar-refractivity contribution in [2.75, 3.05) is 0 Å². The van der Waals surface area contributed by atoms with Gasteiger partial charge in [0.15, 0.2) is 0 Å². The molecule has 0 saturated heterocycles. The predicted molar refractivity (Wildman–Crippen MR) is 129 cm³/mol. The molecule has 7 rings (SSSR count). The zero-order valence-corrected chi connectivity index (χ0v) is 17.5. The van der Waals surface area contributed by atoms with E-state index < -0.39 is 0 Å². The number of benzene rings is 4. The number of fused-ring (bicyclic) bond motifs is 9. The van der Waals surface area contributed by atoms with Gasteiger partial charge < -0.3 is 13.4 Å². The Balaban J connectivity index is 1.70. The fraction of sp³-hybridized carbons (Fsp3) is 0.143. The highest BCUT2D eigenvalue weighted by Gasteiger charge is 2.19. The lowest BCUT2D eigenvalue weighted by molar-refractivity contribution is 0.562. The Kier molecular flexibility index (Phi) is 3.25. The highest BCUT2D eigenvalue weighted by atomic mass is 16.3. The summed E-state index contributed by atoms with van der Waals surface area (Å²) >= 11 is 0. The van der Waals surface area contributed by atoms with E-state index >= 15 is 0 Å². The van der Waals surface area contributed by atoms with Crippen molar-refractivity contribution in [2.24, 2.45) is 0 Å². The van der Waals surface area contributed by atoms with Crippen molar-refractivity contribution in [1.82, 2.24) is 4.57 Å². The smallest absolute Gasteiger partial charge is 0.137 e. The van der Waals surface area contributed by atoms with E-state index in [1.807, 2.05) is 24.3 Å². The minimum absolute atomic E-state index is 0.364. The van der Waals surface area contributed by atoms with Gasteiger partial charge in [0.1, 0.15) is 22.3 Å². The SMILES string of the molecule is CCC(C)n1c2cc3oc4ccccc4c3cc2c2cc3c(cc21)oc1ccccc13. The number of para-hydroxylation sites is 2. The zero-order chi connectivity index (χ0) is 20.7. The Morgan fingerprint density at radius 3 is 1.58 bits per heavy atom. The largest absolute Gasteiger partial charge is 0.456 e. The van der Waals surface area contributed by atoms with Gasteiger partial charge in [-0.1, -0.05) is 43.3 Å². The molecule has 150 valence electrons. The summed E-state index contributed by atoms with van der Waals surface area (Å²) in [4.78, 5) is 0. The molecular formula is C28H21NO2. The minimum atomic E-state index is 0.364. The van der Waals surface area contributed by atoms with E-state index in [1.54, 1.807) is 0 Å². The lowest BCUT2D eigenvalue weighted by Gasteiger charge is -2.14. The van der Waals surface area contributed by atoms with E-state index in [0.29, 0.717) is 6.04 Å². The van der Waals surface area contributed by atoms with Crippen molar-refractivity contribution >= 4 is 65.7 Å². The van der Waals surface area contributed by atoms with Crippen LogP contribution < -0.4 is 0 Å². The summed E-state index contributed by atoms with van der Waals surface area (Å²) in [6.07, 6.45) is 1.05. The van der Waals surface area contributed by atoms with Crippen LogP contribution in [-0.4, -0.2) is 4.57 Å². The molecule has 31 heavy (non-hydrogen) atoms. The molecule has 0 amide bonds. The van der Waals surface area contributed by atoms with Crippen LogP contribution in [0.5, 0.6) is 0 Å². The molecule has 1 atom stereocenters. The number of furan rings is 2. The molecule has 0 aliphatic rings. The Morgan fingerprint density at radius 2 is 1.10 bits per heavy atom. The van der Waals surface area contributed by atoms with Crippen LogP contribution in [0, 0.1) is 0 Å². The summed E-state index contributed by atoms with van der Waals surface area (Å²) in [7, 11) is 0. The van der Waals surface area contributed by atoms with Gasteiger partial charge >= 0.3 is 0 Å². The maximum Gasteiger partial charge on any atom is 0.137 e. The molecule has 7 aromatic rings. The molecule has 0 aliphatic heterocycles. The number of nitrogens with zero attached hydrogens (tertiary/aromatic N) is 1. The van der Waals surface area contributed by atoms with Gasteiger partial charge in [-0.2, -0.15) is 0 Å². The van der Waals surface area contributed by atoms with Gasteiger partial charge in [0.2, 0.25) is 0 Å². The average molecular weight is 403 g/mol. The van der Waals surface area contributed by atoms with Gasteiger partial charge in [-0.15, -0.1) is 0 Å². The third kappa shape index (κ3) is 2.18. The Labute approximate surface area is 178 Å². The highest BCUT2D eigenvalue weighted by molar-refractivity contribution is 6.20. The highest BCUT2D eigenvalue weighted by Crippen LogP contribution is 2.41. The third-order valence-corrected chi connectivity index (χ3v) is 6.83. The standard InChI is InChI=1S/C28H21NO2/c1-3-16(2)29-23-14-27-21(17-8-4-6-10-25(17)30-27)12-19(23)20-13-22-18-9-5-7-11-26(18)31-28(22)15-24(20)29/h4-16H,3H2,1-2H3. The number of hydrogen-bond acceptors (Lipinski definition) is 2. The van der Waals surface area contributed by atoms with Gasteiger partial charge in [-0.25, -0.2) is 0 Å². The summed E-state index contributed by atoms with van der Waals surface area (Å²) < 4.78 is 14.9. The van der Waals surface area contributed by atoms with E-state index in [0.717, 1.165) is 28.8 Å². The molecule has 0 N–H and O–H groups in total. The quantitative estimate of drug-likeness (QED) is 0.289. The van der Waals surface area contributed by atoms with Crippen LogP contribution in [0.15, 0.2) is 81.6 Å². The molecule has 3 heteroatoms. The number of rotatable bonds is 2. The monoisotopic (exact) mass is 403 g/mol. The first-order chi connectivity index (χ1) is 15.2. The molecule has 1 unspecified atom stereocenters. The number of hydrogen-bond donors (Lipinski definition) is 0. The van der Waals surface area contributed by atoms with Gasteiger partial charge in [-0.05, 0) is 37.6 Å². The first-order valence-electron chi connectivity index (χ1n) is 10.9. The summed E-state index contributed by atoms with van der Waals surface area (Å²) in [6, 6.07) is 26.0. The van der Waals surface area contributed by atoms with Crippen molar-refractivity contribution in [1.29, 1.82) is 0 Å². The molecule has 3 aromatic heterocycles. The van der Waals surface area contributed by atoms with Crippen molar-refractivity contribution in [2.45, 2.75) is 26.3 Å². The van der Waals surface area contributed by atoms with Gasteiger partial charge in [-0.3, -0.25) is 0 Å². The second-order valence-electron chi connectivity index (χ2n) is 8.55. The summed E-state index contributed by atoms with van der Waals surface area (Å²) in [5.41, 5.74) is 6.19. The predicted octanol–water partition coefficient (Wildman–Crippen LogP) is 8.56. The second-order valence-corrected chi connectivity index (χ2v) is 8.55. The summed E-state index contributed by atoms with van der Waals surface area (Å²) in [5.74, 6) is 0. The Hall–Kier alpha value is -3.72. The molecule has 3 heterocycles. The molecule has 4 aromatic carbocycles. The zero-order valence-electron chi connectivity index (χ0n) is 17.5. The van der Waals surface area contributed by atoms with Gasteiger partial charge in [0, 0.05) is 50.5 Å². The van der Waals surface area contributed by atoms with E-state index in [9.17, 15) is 0 Å². The molecule has 0 bridgehead atoms. The van der Waals surface area contributed by atoms with Crippen LogP contribution in [0.2, 0.25) is 0 Å². The van der Waals surface area contributed by atoms with Crippen LogP contribution >= 0.6 is 0 Å². The maximum atomic E-state index is 6.21. The van der Waals surface area contributed by atoms with Crippen molar-refractivity contribution < 1.29 is 8.83 Å². The lowest BCUT2D eigenvalue weighted by atomic mass is 10.1.